The highest BCUT2D eigenvalue weighted by atomic mass is 35.5. The van der Waals surface area contributed by atoms with Crippen molar-refractivity contribution in [2.24, 2.45) is 0 Å². The van der Waals surface area contributed by atoms with Crippen LogP contribution >= 0.6 is 11.6 Å². The lowest BCUT2D eigenvalue weighted by Crippen LogP contribution is -2.23. The lowest BCUT2D eigenvalue weighted by Gasteiger charge is -2.09. The summed E-state index contributed by atoms with van der Waals surface area (Å²) in [4.78, 5) is 35.1. The first-order valence-corrected chi connectivity index (χ1v) is 8.74. The van der Waals surface area contributed by atoms with Crippen molar-refractivity contribution in [1.82, 2.24) is 0 Å². The van der Waals surface area contributed by atoms with Crippen molar-refractivity contribution in [2.45, 2.75) is 20.3 Å². The van der Waals surface area contributed by atoms with Gasteiger partial charge in [-0.25, -0.2) is 4.79 Å². The van der Waals surface area contributed by atoms with Crippen LogP contribution in [0.25, 0.3) is 0 Å². The van der Waals surface area contributed by atoms with Gasteiger partial charge < -0.3 is 14.8 Å². The quantitative estimate of drug-likeness (QED) is 0.548. The molecule has 1 N–H and O–H groups in total. The minimum Gasteiger partial charge on any atom is -0.482 e. The van der Waals surface area contributed by atoms with E-state index in [9.17, 15) is 14.4 Å². The lowest BCUT2D eigenvalue weighted by atomic mass is 10.1. The van der Waals surface area contributed by atoms with Gasteiger partial charge in [-0.2, -0.15) is 0 Å². The zero-order chi connectivity index (χ0) is 19.8. The Hall–Kier alpha value is -2.86. The van der Waals surface area contributed by atoms with Crippen LogP contribution in [0.3, 0.4) is 0 Å². The Morgan fingerprint density at radius 2 is 1.74 bits per heavy atom. The Balaban J connectivity index is 1.75. The molecule has 0 atom stereocenters. The van der Waals surface area contributed by atoms with Crippen molar-refractivity contribution in [1.29, 1.82) is 0 Å². The van der Waals surface area contributed by atoms with Gasteiger partial charge in [0.25, 0.3) is 5.91 Å². The summed E-state index contributed by atoms with van der Waals surface area (Å²) < 4.78 is 10.1. The number of Topliss-reactive ketones (excluding diaryl/α,β-unsaturated/α-hetero) is 1. The summed E-state index contributed by atoms with van der Waals surface area (Å²) in [5.74, 6) is -0.735. The standard InChI is InChI=1S/C20H20ClNO5/c1-3-18(23)14-5-7-15(8-6-14)26-12-20(25)27-11-19(24)22-17-9-4-13(2)10-16(17)21/h4-10H,3,11-12H2,1-2H3,(H,22,24). The second-order valence-electron chi connectivity index (χ2n) is 5.78. The number of hydrogen-bond acceptors (Lipinski definition) is 5. The van der Waals surface area contributed by atoms with E-state index in [1.165, 1.54) is 0 Å². The molecule has 0 spiro atoms. The van der Waals surface area contributed by atoms with E-state index in [-0.39, 0.29) is 12.4 Å². The number of hydrogen-bond donors (Lipinski definition) is 1. The number of ketones is 1. The molecule has 0 saturated carbocycles. The van der Waals surface area contributed by atoms with E-state index in [2.05, 4.69) is 5.32 Å². The molecule has 0 aromatic heterocycles. The fourth-order valence-corrected chi connectivity index (χ4v) is 2.46. The van der Waals surface area contributed by atoms with Crippen LogP contribution in [0.4, 0.5) is 5.69 Å². The Morgan fingerprint density at radius 3 is 2.37 bits per heavy atom. The van der Waals surface area contributed by atoms with Gasteiger partial charge in [0.2, 0.25) is 0 Å². The molecule has 2 aromatic rings. The molecule has 0 aliphatic carbocycles. The van der Waals surface area contributed by atoms with Gasteiger partial charge >= 0.3 is 5.97 Å². The largest absolute Gasteiger partial charge is 0.482 e. The Bertz CT molecular complexity index is 833. The van der Waals surface area contributed by atoms with E-state index in [1.807, 2.05) is 6.92 Å². The Morgan fingerprint density at radius 1 is 1.04 bits per heavy atom. The average Bonchev–Trinajstić information content (AvgIpc) is 2.66. The summed E-state index contributed by atoms with van der Waals surface area (Å²) in [6.07, 6.45) is 0.419. The second kappa shape index (κ2) is 9.73. The maximum Gasteiger partial charge on any atom is 0.344 e. The van der Waals surface area contributed by atoms with Gasteiger partial charge in [0.05, 0.1) is 10.7 Å². The van der Waals surface area contributed by atoms with Crippen molar-refractivity contribution in [2.75, 3.05) is 18.5 Å². The molecule has 2 rings (SSSR count). The first kappa shape index (κ1) is 20.5. The number of carbonyl (C=O) groups is 3. The monoisotopic (exact) mass is 389 g/mol. The third-order valence-corrected chi connectivity index (χ3v) is 3.93. The number of esters is 1. The highest BCUT2D eigenvalue weighted by Gasteiger charge is 2.11. The number of nitrogens with one attached hydrogen (secondary N) is 1. The molecule has 0 heterocycles. The molecular weight excluding hydrogens is 370 g/mol. The Kier molecular flexibility index (Phi) is 7.37. The first-order valence-electron chi connectivity index (χ1n) is 8.36. The Labute approximate surface area is 162 Å². The smallest absolute Gasteiger partial charge is 0.344 e. The number of rotatable bonds is 8. The van der Waals surface area contributed by atoms with Gasteiger partial charge in [-0.15, -0.1) is 0 Å². The summed E-state index contributed by atoms with van der Waals surface area (Å²) in [5, 5.41) is 2.97. The molecule has 1 amide bonds. The molecule has 0 bridgehead atoms. The van der Waals surface area contributed by atoms with E-state index >= 15 is 0 Å². The van der Waals surface area contributed by atoms with Crippen LogP contribution in [-0.2, 0) is 14.3 Å². The SMILES string of the molecule is CCC(=O)c1ccc(OCC(=O)OCC(=O)Nc2ccc(C)cc2Cl)cc1. The third-order valence-electron chi connectivity index (χ3n) is 3.62. The number of carbonyl (C=O) groups excluding carboxylic acids is 3. The molecule has 27 heavy (non-hydrogen) atoms. The van der Waals surface area contributed by atoms with Gasteiger partial charge in [0, 0.05) is 12.0 Å². The van der Waals surface area contributed by atoms with Crippen LogP contribution in [0, 0.1) is 6.92 Å². The van der Waals surface area contributed by atoms with Gasteiger partial charge in [-0.1, -0.05) is 24.6 Å². The second-order valence-corrected chi connectivity index (χ2v) is 6.19. The van der Waals surface area contributed by atoms with Crippen LogP contribution in [0.2, 0.25) is 5.02 Å². The summed E-state index contributed by atoms with van der Waals surface area (Å²) in [7, 11) is 0. The zero-order valence-corrected chi connectivity index (χ0v) is 15.8. The van der Waals surface area contributed by atoms with E-state index in [1.54, 1.807) is 49.4 Å². The molecule has 0 aliphatic rings. The molecule has 0 fully saturated rings. The number of halogens is 1. The minimum absolute atomic E-state index is 0.0284. The van der Waals surface area contributed by atoms with Crippen molar-refractivity contribution in [3.8, 4) is 5.75 Å². The zero-order valence-electron chi connectivity index (χ0n) is 15.1. The fraction of sp³-hybridized carbons (Fsp3) is 0.250. The summed E-state index contributed by atoms with van der Waals surface area (Å²) in [6, 6.07) is 11.7. The van der Waals surface area contributed by atoms with E-state index < -0.39 is 18.5 Å². The fourth-order valence-electron chi connectivity index (χ4n) is 2.18. The van der Waals surface area contributed by atoms with E-state index in [4.69, 9.17) is 21.1 Å². The van der Waals surface area contributed by atoms with Gasteiger partial charge in [0.1, 0.15) is 5.75 Å². The summed E-state index contributed by atoms with van der Waals surface area (Å²) in [5.41, 5.74) is 1.99. The van der Waals surface area contributed by atoms with Crippen LogP contribution in [0.15, 0.2) is 42.5 Å². The molecule has 2 aromatic carbocycles. The van der Waals surface area contributed by atoms with Crippen LogP contribution in [-0.4, -0.2) is 30.9 Å². The molecule has 6 nitrogen and oxygen atoms in total. The maximum atomic E-state index is 11.8. The molecule has 142 valence electrons. The molecule has 0 aliphatic heterocycles. The van der Waals surface area contributed by atoms with Crippen LogP contribution in [0.5, 0.6) is 5.75 Å². The highest BCUT2D eigenvalue weighted by Crippen LogP contribution is 2.22. The van der Waals surface area contributed by atoms with Crippen LogP contribution < -0.4 is 10.1 Å². The molecule has 0 saturated heterocycles. The minimum atomic E-state index is -0.686. The van der Waals surface area contributed by atoms with Gasteiger partial charge in [0.15, 0.2) is 19.0 Å². The number of anilines is 1. The lowest BCUT2D eigenvalue weighted by molar-refractivity contribution is -0.149. The molecule has 0 radical (unpaired) electrons. The average molecular weight is 390 g/mol. The predicted molar refractivity (Wildman–Crippen MR) is 102 cm³/mol. The maximum absolute atomic E-state index is 11.8. The van der Waals surface area contributed by atoms with E-state index in [0.29, 0.717) is 28.4 Å². The molecule has 0 unspecified atom stereocenters. The van der Waals surface area contributed by atoms with E-state index in [0.717, 1.165) is 5.56 Å². The van der Waals surface area contributed by atoms with Crippen molar-refractivity contribution in [3.63, 3.8) is 0 Å². The number of benzene rings is 2. The number of ether oxygens (including phenoxy) is 2. The topological polar surface area (TPSA) is 81.7 Å². The normalized spacial score (nSPS) is 10.2. The number of aryl methyl sites for hydroxylation is 1. The highest BCUT2D eigenvalue weighted by molar-refractivity contribution is 6.33. The predicted octanol–water partition coefficient (Wildman–Crippen LogP) is 3.80. The van der Waals surface area contributed by atoms with Gasteiger partial charge in [-0.05, 0) is 48.9 Å². The summed E-state index contributed by atoms with van der Waals surface area (Å²) in [6.45, 7) is 2.87. The molecular formula is C20H20ClNO5. The van der Waals surface area contributed by atoms with Crippen molar-refractivity contribution >= 4 is 34.9 Å². The summed E-state index contributed by atoms with van der Waals surface area (Å²) >= 11 is 6.03. The first-order chi connectivity index (χ1) is 12.9. The van der Waals surface area contributed by atoms with Gasteiger partial charge in [-0.3, -0.25) is 9.59 Å². The number of amides is 1. The van der Waals surface area contributed by atoms with Crippen LogP contribution in [0.1, 0.15) is 29.3 Å². The third kappa shape index (κ3) is 6.42. The van der Waals surface area contributed by atoms with Crippen molar-refractivity contribution < 1.29 is 23.9 Å². The molecule has 7 heteroatoms. The van der Waals surface area contributed by atoms with Crippen molar-refractivity contribution in [3.05, 3.63) is 58.6 Å².